The van der Waals surface area contributed by atoms with Crippen LogP contribution in [0.15, 0.2) is 94.7 Å². The van der Waals surface area contributed by atoms with Gasteiger partial charge in [-0.05, 0) is 59.7 Å². The third-order valence-electron chi connectivity index (χ3n) is 5.25. The monoisotopic (exact) mass is 682 g/mol. The molecule has 4 aromatic carbocycles. The van der Waals surface area contributed by atoms with Crippen LogP contribution in [-0.4, -0.2) is 35.3 Å². The zero-order valence-electron chi connectivity index (χ0n) is 20.7. The van der Waals surface area contributed by atoms with Crippen molar-refractivity contribution in [1.82, 2.24) is 0 Å². The molecule has 2 radical (unpaired) electrons. The van der Waals surface area contributed by atoms with E-state index in [1.54, 1.807) is 60.7 Å². The van der Waals surface area contributed by atoms with Crippen molar-refractivity contribution < 1.29 is 8.78 Å². The van der Waals surface area contributed by atoms with E-state index < -0.39 is 0 Å². The van der Waals surface area contributed by atoms with E-state index in [2.05, 4.69) is 12.1 Å². The van der Waals surface area contributed by atoms with Gasteiger partial charge in [0.15, 0.2) is 0 Å². The predicted molar refractivity (Wildman–Crippen MR) is 161 cm³/mol. The molecule has 0 fully saturated rings. The number of hydrogen-bond donors (Lipinski definition) is 2. The van der Waals surface area contributed by atoms with Crippen molar-refractivity contribution in [3.05, 3.63) is 108 Å². The SMILES string of the molecule is N#Cc1ccc(-c2ccc(SCSc3ccc(-c4ccc(C#N)cc4)c(F)c3)cc2F)cc1.NC[S][Sn][CH2]N. The average Bonchev–Trinajstić information content (AvgIpc) is 2.97. The van der Waals surface area contributed by atoms with Gasteiger partial charge < -0.3 is 0 Å². The Morgan fingerprint density at radius 1 is 0.667 bits per heavy atom. The van der Waals surface area contributed by atoms with E-state index in [1.807, 2.05) is 21.1 Å². The number of hydrogen-bond acceptors (Lipinski definition) is 7. The van der Waals surface area contributed by atoms with E-state index in [9.17, 15) is 8.78 Å². The number of thioether (sulfide) groups is 2. The molecule has 0 saturated heterocycles. The summed E-state index contributed by atoms with van der Waals surface area (Å²) in [5, 5.41) is 18.4. The van der Waals surface area contributed by atoms with Crippen molar-refractivity contribution in [2.24, 2.45) is 11.5 Å². The summed E-state index contributed by atoms with van der Waals surface area (Å²) < 4.78 is 30.2. The minimum absolute atomic E-state index is 0.231. The van der Waals surface area contributed by atoms with Crippen LogP contribution in [0.3, 0.4) is 0 Å². The Kier molecular flexibility index (Phi) is 13.2. The number of benzene rings is 4. The molecule has 4 rings (SSSR count). The van der Waals surface area contributed by atoms with Gasteiger partial charge in [-0.15, -0.1) is 23.5 Å². The van der Waals surface area contributed by atoms with Gasteiger partial charge in [0.05, 0.1) is 23.3 Å². The van der Waals surface area contributed by atoms with Crippen molar-refractivity contribution >= 4 is 52.2 Å². The summed E-state index contributed by atoms with van der Waals surface area (Å²) in [6, 6.07) is 27.9. The Bertz CT molecular complexity index is 1340. The van der Waals surface area contributed by atoms with Crippen LogP contribution in [0.4, 0.5) is 8.78 Å². The standard InChI is InChI=1S/C27H16F2N2S2.CH5NS.CH4N.Sn/c28-26-13-22(9-11-24(26)20-5-1-18(15-30)2-6-20)32-17-33-23-10-12-25(27(29)14-23)21-7-3-19(16-31)4-8-21;2-1-3;1-2;/h1-14H,17H2;3H,1-2H2;1-2H2;/q;;;+1/p-1. The van der Waals surface area contributed by atoms with E-state index in [0.717, 1.165) is 31.4 Å². The van der Waals surface area contributed by atoms with Crippen LogP contribution < -0.4 is 11.5 Å². The van der Waals surface area contributed by atoms with Gasteiger partial charge in [-0.3, -0.25) is 0 Å². The van der Waals surface area contributed by atoms with Crippen molar-refractivity contribution in [3.8, 4) is 34.4 Å². The number of halogens is 2. The van der Waals surface area contributed by atoms with Crippen molar-refractivity contribution in [1.29, 1.82) is 10.5 Å². The first-order valence-electron chi connectivity index (χ1n) is 11.6. The topological polar surface area (TPSA) is 99.6 Å². The molecule has 0 aliphatic rings. The van der Waals surface area contributed by atoms with Crippen LogP contribution in [0.5, 0.6) is 0 Å². The Labute approximate surface area is 248 Å². The second kappa shape index (κ2) is 16.6. The fraction of sp³-hybridized carbons (Fsp3) is 0.103. The average molecular weight is 681 g/mol. The van der Waals surface area contributed by atoms with Gasteiger partial charge >= 0.3 is 50.6 Å². The molecule has 0 bridgehead atoms. The second-order valence-electron chi connectivity index (χ2n) is 7.73. The zero-order valence-corrected chi connectivity index (χ0v) is 26.0. The Hall–Kier alpha value is -2.51. The van der Waals surface area contributed by atoms with Crippen LogP contribution in [0, 0.1) is 34.3 Å². The van der Waals surface area contributed by atoms with Crippen LogP contribution in [0.1, 0.15) is 11.1 Å². The fourth-order valence-electron chi connectivity index (χ4n) is 3.37. The summed E-state index contributed by atoms with van der Waals surface area (Å²) in [5.74, 6) is 0.114. The molecular formula is C29H24F2N4S3Sn. The number of nitriles is 2. The number of nitrogens with zero attached hydrogens (tertiary/aromatic N) is 2. The van der Waals surface area contributed by atoms with Gasteiger partial charge in [0.25, 0.3) is 0 Å². The van der Waals surface area contributed by atoms with Crippen molar-refractivity contribution in [2.45, 2.75) is 9.79 Å². The summed E-state index contributed by atoms with van der Waals surface area (Å²) in [6.07, 6.45) is 0. The van der Waals surface area contributed by atoms with Crippen LogP contribution in [0.2, 0.25) is 0 Å². The predicted octanol–water partition coefficient (Wildman–Crippen LogP) is 7.06. The fourth-order valence-corrected chi connectivity index (χ4v) is 7.65. The van der Waals surface area contributed by atoms with Gasteiger partial charge in [-0.1, -0.05) is 36.4 Å². The first kappa shape index (κ1) is 31.0. The first-order valence-corrected chi connectivity index (χ1v) is 20.1. The summed E-state index contributed by atoms with van der Waals surface area (Å²) in [4.78, 5) is 1.57. The normalized spacial score (nSPS) is 10.2. The van der Waals surface area contributed by atoms with Crippen molar-refractivity contribution in [3.63, 3.8) is 0 Å². The molecule has 39 heavy (non-hydrogen) atoms. The quantitative estimate of drug-likeness (QED) is 0.0846. The molecule has 0 amide bonds. The third kappa shape index (κ3) is 9.57. The van der Waals surface area contributed by atoms with E-state index in [0.29, 0.717) is 27.3 Å². The summed E-state index contributed by atoms with van der Waals surface area (Å²) in [6.45, 7) is 0. The maximum absolute atomic E-state index is 14.6. The van der Waals surface area contributed by atoms with E-state index in [1.165, 1.54) is 35.7 Å². The van der Waals surface area contributed by atoms with Gasteiger partial charge in [0, 0.05) is 26.0 Å². The van der Waals surface area contributed by atoms with Gasteiger partial charge in [-0.2, -0.15) is 10.5 Å². The third-order valence-corrected chi connectivity index (χ3v) is 12.5. The van der Waals surface area contributed by atoms with Crippen LogP contribution >= 0.6 is 32.5 Å². The molecule has 10 heteroatoms. The summed E-state index contributed by atoms with van der Waals surface area (Å²) in [7, 11) is 1.83. The van der Waals surface area contributed by atoms with E-state index in [4.69, 9.17) is 22.0 Å². The van der Waals surface area contributed by atoms with Gasteiger partial charge in [0.1, 0.15) is 11.6 Å². The van der Waals surface area contributed by atoms with Crippen LogP contribution in [0.25, 0.3) is 22.3 Å². The number of rotatable bonds is 9. The Balaban J connectivity index is 0.000000631. The molecule has 0 heterocycles. The van der Waals surface area contributed by atoms with E-state index in [-0.39, 0.29) is 31.4 Å². The summed E-state index contributed by atoms with van der Waals surface area (Å²) in [5.41, 5.74) is 13.8. The Morgan fingerprint density at radius 3 is 1.41 bits per heavy atom. The molecule has 0 spiro atoms. The number of nitrogens with two attached hydrogens (primary N) is 2. The Morgan fingerprint density at radius 2 is 1.10 bits per heavy atom. The van der Waals surface area contributed by atoms with Gasteiger partial charge in [0.2, 0.25) is 0 Å². The maximum atomic E-state index is 14.6. The molecule has 0 aliphatic heterocycles. The molecule has 0 unspecified atom stereocenters. The van der Waals surface area contributed by atoms with Crippen molar-refractivity contribution in [2.75, 3.05) is 15.5 Å². The molecule has 4 aromatic rings. The molecule has 0 atom stereocenters. The van der Waals surface area contributed by atoms with Crippen LogP contribution in [-0.2, 0) is 0 Å². The van der Waals surface area contributed by atoms with E-state index >= 15 is 0 Å². The molecular weight excluding hydrogens is 657 g/mol. The molecule has 0 aliphatic carbocycles. The second-order valence-corrected chi connectivity index (χ2v) is 17.2. The minimum atomic E-state index is -0.326. The first-order chi connectivity index (χ1) is 19.0. The molecule has 4 N–H and O–H groups in total. The summed E-state index contributed by atoms with van der Waals surface area (Å²) >= 11 is 2.72. The molecule has 0 aromatic heterocycles. The molecule has 196 valence electrons. The molecule has 0 saturated carbocycles. The van der Waals surface area contributed by atoms with Gasteiger partial charge in [-0.25, -0.2) is 8.78 Å². The zero-order chi connectivity index (χ0) is 28.0. The molecule has 4 nitrogen and oxygen atoms in total.